The molecule has 2 aromatic heterocycles. The predicted octanol–water partition coefficient (Wildman–Crippen LogP) is 1.29. The minimum Gasteiger partial charge on any atom is -0.309 e. The molecule has 0 fully saturated rings. The third kappa shape index (κ3) is 2.11. The van der Waals surface area contributed by atoms with Gasteiger partial charge in [0.2, 0.25) is 0 Å². The van der Waals surface area contributed by atoms with E-state index < -0.39 is 0 Å². The Morgan fingerprint density at radius 2 is 2.47 bits per heavy atom. The van der Waals surface area contributed by atoms with Gasteiger partial charge >= 0.3 is 0 Å². The van der Waals surface area contributed by atoms with Gasteiger partial charge in [-0.2, -0.15) is 16.6 Å². The Labute approximate surface area is 89.9 Å². The van der Waals surface area contributed by atoms with E-state index in [0.29, 0.717) is 12.2 Å². The number of hydrogen-bond acceptors (Lipinski definition) is 4. The summed E-state index contributed by atoms with van der Waals surface area (Å²) < 4.78 is 0. The summed E-state index contributed by atoms with van der Waals surface area (Å²) in [6.45, 7) is 0. The topological polar surface area (TPSA) is 69.5 Å². The summed E-state index contributed by atoms with van der Waals surface area (Å²) in [4.78, 5) is 17.9. The van der Waals surface area contributed by atoms with Gasteiger partial charge in [0.15, 0.2) is 0 Å². The van der Waals surface area contributed by atoms with E-state index in [2.05, 4.69) is 9.97 Å². The maximum atomic E-state index is 11.3. The second-order valence-corrected chi connectivity index (χ2v) is 3.77. The first-order chi connectivity index (χ1) is 7.29. The van der Waals surface area contributed by atoms with E-state index in [1.807, 2.05) is 16.8 Å². The molecule has 0 saturated heterocycles. The summed E-state index contributed by atoms with van der Waals surface area (Å²) in [6, 6.07) is 3.75. The van der Waals surface area contributed by atoms with Gasteiger partial charge in [0.1, 0.15) is 17.5 Å². The van der Waals surface area contributed by atoms with Gasteiger partial charge in [-0.3, -0.25) is 4.79 Å². The van der Waals surface area contributed by atoms with Crippen LogP contribution in [0.25, 0.3) is 0 Å². The molecule has 0 atom stereocenters. The number of nitrogens with zero attached hydrogens (tertiary/aromatic N) is 2. The fraction of sp³-hybridized carbons (Fsp3) is 0.100. The first-order valence-corrected chi connectivity index (χ1v) is 5.23. The monoisotopic (exact) mass is 217 g/mol. The van der Waals surface area contributed by atoms with Crippen LogP contribution in [-0.4, -0.2) is 9.97 Å². The molecular weight excluding hydrogens is 210 g/mol. The van der Waals surface area contributed by atoms with E-state index >= 15 is 0 Å². The number of nitrogens with one attached hydrogen (secondary N) is 1. The lowest BCUT2D eigenvalue weighted by Gasteiger charge is -1.97. The molecule has 0 aliphatic rings. The second-order valence-electron chi connectivity index (χ2n) is 2.99. The number of nitriles is 1. The van der Waals surface area contributed by atoms with Crippen molar-refractivity contribution in [1.29, 1.82) is 5.26 Å². The smallest absolute Gasteiger partial charge is 0.268 e. The summed E-state index contributed by atoms with van der Waals surface area (Å²) in [7, 11) is 0. The summed E-state index contributed by atoms with van der Waals surface area (Å²) in [6.07, 6.45) is 1.89. The van der Waals surface area contributed by atoms with Crippen molar-refractivity contribution in [1.82, 2.24) is 9.97 Å². The highest BCUT2D eigenvalue weighted by Gasteiger charge is 2.02. The highest BCUT2D eigenvalue weighted by molar-refractivity contribution is 7.07. The number of aromatic nitrogens is 2. The quantitative estimate of drug-likeness (QED) is 0.824. The summed E-state index contributed by atoms with van der Waals surface area (Å²) >= 11 is 1.60. The minimum atomic E-state index is -0.377. The highest BCUT2D eigenvalue weighted by Crippen LogP contribution is 2.08. The van der Waals surface area contributed by atoms with E-state index in [9.17, 15) is 4.79 Å². The van der Waals surface area contributed by atoms with Crippen LogP contribution in [0.5, 0.6) is 0 Å². The van der Waals surface area contributed by atoms with Gasteiger partial charge in [-0.05, 0) is 22.4 Å². The molecule has 74 valence electrons. The molecule has 2 aromatic rings. The Morgan fingerprint density at radius 1 is 1.60 bits per heavy atom. The Bertz CT molecular complexity index is 551. The molecule has 0 saturated carbocycles. The Kier molecular flexibility index (Phi) is 2.61. The van der Waals surface area contributed by atoms with Gasteiger partial charge in [0.05, 0.1) is 6.20 Å². The summed E-state index contributed by atoms with van der Waals surface area (Å²) in [5, 5.41) is 12.5. The number of hydrogen-bond donors (Lipinski definition) is 1. The lowest BCUT2D eigenvalue weighted by molar-refractivity contribution is 0.942. The fourth-order valence-corrected chi connectivity index (χ4v) is 1.86. The van der Waals surface area contributed by atoms with E-state index in [4.69, 9.17) is 5.26 Å². The molecule has 2 heterocycles. The zero-order valence-corrected chi connectivity index (χ0v) is 8.54. The summed E-state index contributed by atoms with van der Waals surface area (Å²) in [5.74, 6) is 0.581. The van der Waals surface area contributed by atoms with Crippen molar-refractivity contribution in [2.24, 2.45) is 0 Å². The van der Waals surface area contributed by atoms with Crippen LogP contribution in [-0.2, 0) is 6.42 Å². The van der Waals surface area contributed by atoms with Gasteiger partial charge in [0.25, 0.3) is 5.56 Å². The first kappa shape index (κ1) is 9.62. The van der Waals surface area contributed by atoms with Crippen molar-refractivity contribution < 1.29 is 0 Å². The highest BCUT2D eigenvalue weighted by atomic mass is 32.1. The maximum Gasteiger partial charge on any atom is 0.268 e. The van der Waals surface area contributed by atoms with Crippen LogP contribution in [0.2, 0.25) is 0 Å². The molecule has 5 heteroatoms. The van der Waals surface area contributed by atoms with E-state index in [1.165, 1.54) is 6.20 Å². The fourth-order valence-electron chi connectivity index (χ4n) is 1.19. The molecule has 15 heavy (non-hydrogen) atoms. The van der Waals surface area contributed by atoms with Crippen molar-refractivity contribution in [3.05, 3.63) is 50.3 Å². The Morgan fingerprint density at radius 3 is 3.07 bits per heavy atom. The van der Waals surface area contributed by atoms with Crippen molar-refractivity contribution >= 4 is 11.3 Å². The number of aromatic amines is 1. The molecule has 0 aliphatic carbocycles. The van der Waals surface area contributed by atoms with Crippen LogP contribution < -0.4 is 5.56 Å². The number of thiophene rings is 1. The van der Waals surface area contributed by atoms with Crippen molar-refractivity contribution in [2.45, 2.75) is 6.42 Å². The molecule has 0 amide bonds. The van der Waals surface area contributed by atoms with E-state index in [1.54, 1.807) is 17.4 Å². The third-order valence-electron chi connectivity index (χ3n) is 1.92. The molecule has 1 N–H and O–H groups in total. The average Bonchev–Trinajstić information content (AvgIpc) is 2.71. The zero-order valence-electron chi connectivity index (χ0n) is 7.73. The van der Waals surface area contributed by atoms with Gasteiger partial charge < -0.3 is 4.98 Å². The molecule has 0 bridgehead atoms. The molecule has 4 nitrogen and oxygen atoms in total. The molecule has 0 aromatic carbocycles. The third-order valence-corrected chi connectivity index (χ3v) is 2.66. The standard InChI is InChI=1S/C10H7N3OS/c11-4-8-5-12-9(13-10(8)14)3-7-1-2-15-6-7/h1-2,5-6H,3H2,(H,12,13,14). The van der Waals surface area contributed by atoms with Crippen LogP contribution >= 0.6 is 11.3 Å². The average molecular weight is 217 g/mol. The Hall–Kier alpha value is -1.93. The maximum absolute atomic E-state index is 11.3. The largest absolute Gasteiger partial charge is 0.309 e. The van der Waals surface area contributed by atoms with Crippen molar-refractivity contribution in [3.63, 3.8) is 0 Å². The van der Waals surface area contributed by atoms with Gasteiger partial charge in [-0.1, -0.05) is 0 Å². The van der Waals surface area contributed by atoms with Crippen LogP contribution in [0.4, 0.5) is 0 Å². The molecular formula is C10H7N3OS. The van der Waals surface area contributed by atoms with Crippen LogP contribution in [0.1, 0.15) is 17.0 Å². The second kappa shape index (κ2) is 4.07. The number of rotatable bonds is 2. The Balaban J connectivity index is 2.29. The molecule has 0 spiro atoms. The lowest BCUT2D eigenvalue weighted by atomic mass is 10.2. The number of H-pyrrole nitrogens is 1. The van der Waals surface area contributed by atoms with Crippen LogP contribution in [0, 0.1) is 11.3 Å². The zero-order chi connectivity index (χ0) is 10.7. The molecule has 0 aliphatic heterocycles. The van der Waals surface area contributed by atoms with Gasteiger partial charge in [0, 0.05) is 6.42 Å². The molecule has 2 rings (SSSR count). The lowest BCUT2D eigenvalue weighted by Crippen LogP contribution is -2.14. The van der Waals surface area contributed by atoms with E-state index in [-0.39, 0.29) is 11.1 Å². The van der Waals surface area contributed by atoms with Crippen molar-refractivity contribution in [2.75, 3.05) is 0 Å². The predicted molar refractivity (Wildman–Crippen MR) is 56.7 cm³/mol. The normalized spacial score (nSPS) is 9.80. The van der Waals surface area contributed by atoms with Crippen molar-refractivity contribution in [3.8, 4) is 6.07 Å². The van der Waals surface area contributed by atoms with Gasteiger partial charge in [-0.15, -0.1) is 0 Å². The van der Waals surface area contributed by atoms with Crippen LogP contribution in [0.15, 0.2) is 27.8 Å². The minimum absolute atomic E-state index is 0.0454. The van der Waals surface area contributed by atoms with Crippen LogP contribution in [0.3, 0.4) is 0 Å². The molecule has 0 unspecified atom stereocenters. The van der Waals surface area contributed by atoms with E-state index in [0.717, 1.165) is 5.56 Å². The van der Waals surface area contributed by atoms with Gasteiger partial charge in [-0.25, -0.2) is 4.98 Å². The molecule has 0 radical (unpaired) electrons. The first-order valence-electron chi connectivity index (χ1n) is 4.29. The summed E-state index contributed by atoms with van der Waals surface area (Å²) in [5.41, 5.74) is 0.773. The SMILES string of the molecule is N#Cc1cnc(Cc2ccsc2)[nH]c1=O.